The molecule has 0 saturated carbocycles. The normalized spacial score (nSPS) is 16.4. The molecule has 15 nitrogen and oxygen atoms in total. The maximum absolute atomic E-state index is 13.9. The summed E-state index contributed by atoms with van der Waals surface area (Å²) >= 11 is 0. The number of carbonyl (C=O) groups is 3. The van der Waals surface area contributed by atoms with E-state index >= 15 is 0 Å². The molecule has 0 aliphatic carbocycles. The van der Waals surface area contributed by atoms with Crippen molar-refractivity contribution in [2.45, 2.75) is 13.8 Å². The fourth-order valence-electron chi connectivity index (χ4n) is 5.94. The lowest BCUT2D eigenvalue weighted by Gasteiger charge is -2.17. The van der Waals surface area contributed by atoms with Gasteiger partial charge in [0.15, 0.2) is 63.3 Å². The molecule has 0 unspecified atom stereocenters. The van der Waals surface area contributed by atoms with Gasteiger partial charge in [-0.25, -0.2) is 0 Å². The number of carbonyl (C=O) groups excluding carboxylic acids is 3. The van der Waals surface area contributed by atoms with Gasteiger partial charge in [-0.05, 0) is 86.6 Å². The van der Waals surface area contributed by atoms with Gasteiger partial charge in [0.25, 0.3) is 0 Å². The Morgan fingerprint density at radius 2 is 0.517 bits per heavy atom. The van der Waals surface area contributed by atoms with Crippen LogP contribution in [-0.2, 0) is 18.9 Å². The molecular weight excluding hydrogens is 780 g/mol. The maximum Gasteiger partial charge on any atom is 0.193 e. The Kier molecular flexibility index (Phi) is 16.8. The largest absolute Gasteiger partial charge is 0.487 e. The highest BCUT2D eigenvalue weighted by atomic mass is 16.6. The van der Waals surface area contributed by atoms with Crippen LogP contribution in [0.25, 0.3) is 0 Å². The molecule has 0 bridgehead atoms. The highest BCUT2D eigenvalue weighted by Crippen LogP contribution is 2.34. The number of Topliss-reactive ketones (excluding diaryl/α,β-unsaturated/α-hetero) is 2. The van der Waals surface area contributed by atoms with Crippen molar-refractivity contribution in [2.24, 2.45) is 0 Å². The summed E-state index contributed by atoms with van der Waals surface area (Å²) in [6.07, 6.45) is 0. The zero-order valence-corrected chi connectivity index (χ0v) is 33.9. The van der Waals surface area contributed by atoms with Crippen molar-refractivity contribution in [3.05, 3.63) is 95.1 Å². The van der Waals surface area contributed by atoms with Crippen LogP contribution in [0, 0.1) is 0 Å². The average Bonchev–Trinajstić information content (AvgIpc) is 3.25. The number of hydrogen-bond acceptors (Lipinski definition) is 15. The molecule has 0 N–H and O–H groups in total. The van der Waals surface area contributed by atoms with Crippen molar-refractivity contribution in [3.63, 3.8) is 0 Å². The van der Waals surface area contributed by atoms with Gasteiger partial charge in [0.2, 0.25) is 0 Å². The summed E-state index contributed by atoms with van der Waals surface area (Å²) in [5, 5.41) is 0. The van der Waals surface area contributed by atoms with Crippen molar-refractivity contribution >= 4 is 17.3 Å². The van der Waals surface area contributed by atoms with E-state index in [4.69, 9.17) is 56.8 Å². The Labute approximate surface area is 348 Å². The molecule has 0 saturated heterocycles. The number of hydrogen-bond donors (Lipinski definition) is 0. The summed E-state index contributed by atoms with van der Waals surface area (Å²) in [4.78, 5) is 37.7. The summed E-state index contributed by atoms with van der Waals surface area (Å²) < 4.78 is 70.6. The topological polar surface area (TPSA) is 162 Å². The van der Waals surface area contributed by atoms with Gasteiger partial charge in [-0.2, -0.15) is 0 Å². The first-order valence-corrected chi connectivity index (χ1v) is 19.8. The maximum atomic E-state index is 13.9. The van der Waals surface area contributed by atoms with Gasteiger partial charge in [0, 0.05) is 22.3 Å². The van der Waals surface area contributed by atoms with E-state index < -0.39 is 0 Å². The Morgan fingerprint density at radius 3 is 0.767 bits per heavy atom. The minimum Gasteiger partial charge on any atom is -0.487 e. The Morgan fingerprint density at radius 1 is 0.300 bits per heavy atom. The summed E-state index contributed by atoms with van der Waals surface area (Å²) in [6, 6.07) is 20.1. The third kappa shape index (κ3) is 13.1. The Hall–Kier alpha value is -5.87. The van der Waals surface area contributed by atoms with Crippen LogP contribution in [0.15, 0.2) is 72.8 Å². The molecule has 0 atom stereocenters. The van der Waals surface area contributed by atoms with E-state index in [2.05, 4.69) is 0 Å². The van der Waals surface area contributed by atoms with E-state index in [1.807, 2.05) is 0 Å². The molecule has 4 aromatic rings. The van der Waals surface area contributed by atoms with E-state index in [0.29, 0.717) is 74.9 Å². The smallest absolute Gasteiger partial charge is 0.193 e. The Balaban J connectivity index is 1.08. The van der Waals surface area contributed by atoms with Crippen molar-refractivity contribution < 1.29 is 71.2 Å². The number of benzene rings is 4. The second kappa shape index (κ2) is 23.1. The average molecular weight is 831 g/mol. The van der Waals surface area contributed by atoms with Crippen LogP contribution in [0.5, 0.6) is 46.0 Å². The predicted molar refractivity (Wildman–Crippen MR) is 216 cm³/mol. The zero-order valence-electron chi connectivity index (χ0n) is 33.9. The lowest BCUT2D eigenvalue weighted by Crippen LogP contribution is -2.16. The van der Waals surface area contributed by atoms with Gasteiger partial charge < -0.3 is 56.8 Å². The highest BCUT2D eigenvalue weighted by Gasteiger charge is 2.18. The fourth-order valence-corrected chi connectivity index (χ4v) is 5.94. The third-order valence-corrected chi connectivity index (χ3v) is 8.99. The van der Waals surface area contributed by atoms with E-state index in [0.717, 1.165) is 0 Å². The zero-order chi connectivity index (χ0) is 41.9. The predicted octanol–water partition coefficient (Wildman–Crippen LogP) is 5.85. The van der Waals surface area contributed by atoms with Gasteiger partial charge in [-0.3, -0.25) is 14.4 Å². The first kappa shape index (κ1) is 43.7. The molecule has 4 aromatic carbocycles. The first-order chi connectivity index (χ1) is 29.4. The molecular formula is C45H50O15. The van der Waals surface area contributed by atoms with Crippen LogP contribution in [-0.4, -0.2) is 123 Å². The number of fused-ring (bicyclic) bond motifs is 4. The Bertz CT molecular complexity index is 2050. The molecule has 0 spiro atoms. The van der Waals surface area contributed by atoms with Crippen LogP contribution in [0.3, 0.4) is 0 Å². The number of ether oxygens (including phenoxy) is 12. The minimum absolute atomic E-state index is 0.0796. The molecule has 0 fully saturated rings. The van der Waals surface area contributed by atoms with Gasteiger partial charge in [0.05, 0.1) is 52.9 Å². The van der Waals surface area contributed by atoms with Crippen molar-refractivity contribution in [1.29, 1.82) is 0 Å². The molecule has 0 radical (unpaired) electrons. The number of rotatable bonds is 4. The first-order valence-electron chi connectivity index (χ1n) is 19.8. The summed E-state index contributed by atoms with van der Waals surface area (Å²) in [7, 11) is 0. The quantitative estimate of drug-likeness (QED) is 0.225. The summed E-state index contributed by atoms with van der Waals surface area (Å²) in [6.45, 7) is 6.80. The van der Waals surface area contributed by atoms with Gasteiger partial charge in [0.1, 0.15) is 52.9 Å². The summed E-state index contributed by atoms with van der Waals surface area (Å²) in [5.41, 5.74) is 1.76. The molecule has 2 aliphatic rings. The van der Waals surface area contributed by atoms with Crippen molar-refractivity contribution in [2.75, 3.05) is 106 Å². The number of ketones is 3. The van der Waals surface area contributed by atoms with Crippen LogP contribution < -0.4 is 37.9 Å². The van der Waals surface area contributed by atoms with Gasteiger partial charge in [-0.15, -0.1) is 0 Å². The van der Waals surface area contributed by atoms with E-state index in [-0.39, 0.29) is 116 Å². The lowest BCUT2D eigenvalue weighted by molar-refractivity contribution is 0.0639. The molecule has 2 heterocycles. The van der Waals surface area contributed by atoms with Crippen LogP contribution in [0.2, 0.25) is 0 Å². The standard InChI is InChI=1S/C45H50O15/c1-31(46)33-4-8-38-41(27-33)57-23-15-50-14-22-56-40-10-6-35(29-43(40)59-25-17-51-13-20-54-38)45(48)36-5-9-39-44(30-36)60-26-18-52-16-24-58-42-28-34(32(2)47)3-7-37(42)53-19-11-49-12-21-55-39/h3-10,27-30H,11-26H2,1-2H3. The van der Waals surface area contributed by atoms with Crippen molar-refractivity contribution in [1.82, 2.24) is 0 Å². The second-order valence-corrected chi connectivity index (χ2v) is 13.3. The summed E-state index contributed by atoms with van der Waals surface area (Å²) in [5.74, 6) is 3.05. The second-order valence-electron chi connectivity index (χ2n) is 13.3. The molecule has 6 rings (SSSR count). The highest BCUT2D eigenvalue weighted by molar-refractivity contribution is 6.09. The van der Waals surface area contributed by atoms with Gasteiger partial charge >= 0.3 is 0 Å². The monoisotopic (exact) mass is 830 g/mol. The minimum atomic E-state index is -0.274. The SMILES string of the molecule is CC(=O)c1ccc2c(c1)OCCOCCOc1cc(C(=O)c3ccc4c(c3)OCCOCCOc3ccc(C(C)=O)cc3OCCOCCO4)ccc1OCCOCCO2. The van der Waals surface area contributed by atoms with Crippen molar-refractivity contribution in [3.8, 4) is 46.0 Å². The third-order valence-electron chi connectivity index (χ3n) is 8.99. The molecule has 320 valence electrons. The lowest BCUT2D eigenvalue weighted by atomic mass is 10.0. The van der Waals surface area contributed by atoms with Gasteiger partial charge in [-0.1, -0.05) is 0 Å². The fraction of sp³-hybridized carbons (Fsp3) is 0.400. The molecule has 15 heteroatoms. The van der Waals surface area contributed by atoms with E-state index in [1.165, 1.54) is 13.8 Å². The molecule has 2 aliphatic heterocycles. The van der Waals surface area contributed by atoms with Crippen LogP contribution in [0.4, 0.5) is 0 Å². The van der Waals surface area contributed by atoms with Crippen LogP contribution in [0.1, 0.15) is 50.5 Å². The van der Waals surface area contributed by atoms with E-state index in [1.54, 1.807) is 72.8 Å². The van der Waals surface area contributed by atoms with E-state index in [9.17, 15) is 14.4 Å². The van der Waals surface area contributed by atoms with Crippen LogP contribution >= 0.6 is 0 Å². The molecule has 60 heavy (non-hydrogen) atoms. The molecule has 0 aromatic heterocycles. The molecule has 0 amide bonds.